The molecule has 102 valence electrons. The predicted molar refractivity (Wildman–Crippen MR) is 77.2 cm³/mol. The zero-order chi connectivity index (χ0) is 14.5. The normalized spacial score (nSPS) is 10.7. The van der Waals surface area contributed by atoms with Crippen molar-refractivity contribution >= 4 is 29.1 Å². The number of carbonyl (C=O) groups excluding carboxylic acids is 1. The molecule has 0 atom stereocenters. The van der Waals surface area contributed by atoms with E-state index in [4.69, 9.17) is 0 Å². The molecule has 1 aromatic heterocycles. The first kappa shape index (κ1) is 13.9. The highest BCUT2D eigenvalue weighted by molar-refractivity contribution is 7.12. The van der Waals surface area contributed by atoms with Crippen LogP contribution in [0.3, 0.4) is 0 Å². The standard InChI is InChI=1S/C13H11N3O3S/c1-9-6-7-20-12(9)13(17)15-14-8-10-2-4-11(5-3-10)16(18)19/h2-8H,1H3,(H,15,17)/b14-8-. The molecule has 7 heteroatoms. The summed E-state index contributed by atoms with van der Waals surface area (Å²) in [4.78, 5) is 22.4. The fraction of sp³-hybridized carbons (Fsp3) is 0.0769. The molecule has 2 rings (SSSR count). The SMILES string of the molecule is Cc1ccsc1C(=O)N/N=C\c1ccc([N+](=O)[O-])cc1. The number of aryl methyl sites for hydroxylation is 1. The first-order valence-corrected chi connectivity index (χ1v) is 6.58. The van der Waals surface area contributed by atoms with Gasteiger partial charge in [0.2, 0.25) is 0 Å². The number of benzene rings is 1. The molecule has 0 aliphatic carbocycles. The van der Waals surface area contributed by atoms with Crippen molar-refractivity contribution < 1.29 is 9.72 Å². The van der Waals surface area contributed by atoms with Gasteiger partial charge in [-0.2, -0.15) is 5.10 Å². The van der Waals surface area contributed by atoms with Crippen LogP contribution in [0.25, 0.3) is 0 Å². The van der Waals surface area contributed by atoms with Gasteiger partial charge in [-0.1, -0.05) is 0 Å². The highest BCUT2D eigenvalue weighted by Crippen LogP contribution is 2.15. The minimum Gasteiger partial charge on any atom is -0.266 e. The Morgan fingerprint density at radius 3 is 2.60 bits per heavy atom. The minimum absolute atomic E-state index is 0.0143. The maximum Gasteiger partial charge on any atom is 0.281 e. The Morgan fingerprint density at radius 1 is 1.35 bits per heavy atom. The molecule has 1 aromatic carbocycles. The van der Waals surface area contributed by atoms with Crippen LogP contribution in [0, 0.1) is 17.0 Å². The maximum atomic E-state index is 11.8. The molecule has 0 spiro atoms. The second-order valence-corrected chi connectivity index (χ2v) is 4.90. The Kier molecular flexibility index (Phi) is 4.21. The van der Waals surface area contributed by atoms with Crippen molar-refractivity contribution in [3.63, 3.8) is 0 Å². The number of amides is 1. The summed E-state index contributed by atoms with van der Waals surface area (Å²) in [6.07, 6.45) is 1.44. The molecule has 0 radical (unpaired) electrons. The molecule has 20 heavy (non-hydrogen) atoms. The minimum atomic E-state index is -0.470. The van der Waals surface area contributed by atoms with Crippen LogP contribution in [0.4, 0.5) is 5.69 Å². The van der Waals surface area contributed by atoms with Crippen LogP contribution in [-0.2, 0) is 0 Å². The van der Waals surface area contributed by atoms with Crippen LogP contribution in [0.5, 0.6) is 0 Å². The number of nitro benzene ring substituents is 1. The van der Waals surface area contributed by atoms with E-state index < -0.39 is 4.92 Å². The number of rotatable bonds is 4. The summed E-state index contributed by atoms with van der Waals surface area (Å²) in [5, 5.41) is 16.2. The Morgan fingerprint density at radius 2 is 2.05 bits per heavy atom. The van der Waals surface area contributed by atoms with Gasteiger partial charge in [0.25, 0.3) is 11.6 Å². The van der Waals surface area contributed by atoms with E-state index in [1.54, 1.807) is 12.1 Å². The summed E-state index contributed by atoms with van der Waals surface area (Å²) in [6.45, 7) is 1.85. The third kappa shape index (κ3) is 3.27. The van der Waals surface area contributed by atoms with E-state index in [-0.39, 0.29) is 11.6 Å². The Hall–Kier alpha value is -2.54. The average molecular weight is 289 g/mol. The summed E-state index contributed by atoms with van der Waals surface area (Å²) in [7, 11) is 0. The summed E-state index contributed by atoms with van der Waals surface area (Å²) in [6, 6.07) is 7.74. The second-order valence-electron chi connectivity index (χ2n) is 3.98. The van der Waals surface area contributed by atoms with E-state index in [1.807, 2.05) is 18.4 Å². The van der Waals surface area contributed by atoms with Crippen LogP contribution in [0.15, 0.2) is 40.8 Å². The third-order valence-electron chi connectivity index (χ3n) is 2.55. The monoisotopic (exact) mass is 289 g/mol. The van der Waals surface area contributed by atoms with Crippen LogP contribution >= 0.6 is 11.3 Å². The van der Waals surface area contributed by atoms with Gasteiger partial charge in [-0.3, -0.25) is 14.9 Å². The van der Waals surface area contributed by atoms with E-state index in [9.17, 15) is 14.9 Å². The Balaban J connectivity index is 1.98. The van der Waals surface area contributed by atoms with Gasteiger partial charge in [0.1, 0.15) is 0 Å². The number of nitrogens with one attached hydrogen (secondary N) is 1. The Labute approximate surface area is 118 Å². The lowest BCUT2D eigenvalue weighted by Crippen LogP contribution is -2.17. The van der Waals surface area contributed by atoms with Gasteiger partial charge < -0.3 is 0 Å². The van der Waals surface area contributed by atoms with E-state index in [0.717, 1.165) is 5.56 Å². The highest BCUT2D eigenvalue weighted by Gasteiger charge is 2.08. The fourth-order valence-corrected chi connectivity index (χ4v) is 2.32. The highest BCUT2D eigenvalue weighted by atomic mass is 32.1. The topological polar surface area (TPSA) is 84.6 Å². The molecule has 0 unspecified atom stereocenters. The zero-order valence-corrected chi connectivity index (χ0v) is 11.4. The van der Waals surface area contributed by atoms with Crippen molar-refractivity contribution in [3.8, 4) is 0 Å². The van der Waals surface area contributed by atoms with E-state index >= 15 is 0 Å². The third-order valence-corrected chi connectivity index (χ3v) is 3.57. The number of hydrogen-bond donors (Lipinski definition) is 1. The van der Waals surface area contributed by atoms with Crippen molar-refractivity contribution in [1.82, 2.24) is 5.43 Å². The van der Waals surface area contributed by atoms with Crippen LogP contribution < -0.4 is 5.43 Å². The largest absolute Gasteiger partial charge is 0.281 e. The molecule has 1 amide bonds. The lowest BCUT2D eigenvalue weighted by molar-refractivity contribution is -0.384. The smallest absolute Gasteiger partial charge is 0.266 e. The molecule has 0 saturated heterocycles. The van der Waals surface area contributed by atoms with Gasteiger partial charge in [0, 0.05) is 12.1 Å². The molecular formula is C13H11N3O3S. The average Bonchev–Trinajstić information content (AvgIpc) is 2.85. The quantitative estimate of drug-likeness (QED) is 0.533. The van der Waals surface area contributed by atoms with Crippen molar-refractivity contribution in [1.29, 1.82) is 0 Å². The molecule has 0 fully saturated rings. The van der Waals surface area contributed by atoms with Crippen LogP contribution in [-0.4, -0.2) is 17.0 Å². The number of non-ortho nitro benzene ring substituents is 1. The molecular weight excluding hydrogens is 278 g/mol. The van der Waals surface area contributed by atoms with E-state index in [0.29, 0.717) is 10.4 Å². The zero-order valence-electron chi connectivity index (χ0n) is 10.6. The molecule has 2 aromatic rings. The van der Waals surface area contributed by atoms with Crippen molar-refractivity contribution in [2.24, 2.45) is 5.10 Å². The van der Waals surface area contributed by atoms with Gasteiger partial charge in [-0.05, 0) is 41.6 Å². The molecule has 1 heterocycles. The first-order chi connectivity index (χ1) is 9.58. The summed E-state index contributed by atoms with van der Waals surface area (Å²) >= 11 is 1.35. The van der Waals surface area contributed by atoms with Crippen LogP contribution in [0.1, 0.15) is 20.8 Å². The summed E-state index contributed by atoms with van der Waals surface area (Å²) in [5.74, 6) is -0.268. The molecule has 0 aliphatic rings. The predicted octanol–water partition coefficient (Wildman–Crippen LogP) is 2.73. The number of hydrogen-bond acceptors (Lipinski definition) is 5. The van der Waals surface area contributed by atoms with E-state index in [1.165, 1.54) is 29.7 Å². The van der Waals surface area contributed by atoms with E-state index in [2.05, 4.69) is 10.5 Å². The summed E-state index contributed by atoms with van der Waals surface area (Å²) in [5.41, 5.74) is 4.00. The Bertz CT molecular complexity index is 662. The maximum absolute atomic E-state index is 11.8. The molecule has 0 saturated carbocycles. The first-order valence-electron chi connectivity index (χ1n) is 5.70. The number of nitro groups is 1. The van der Waals surface area contributed by atoms with Gasteiger partial charge in [-0.25, -0.2) is 5.43 Å². The van der Waals surface area contributed by atoms with Gasteiger partial charge >= 0.3 is 0 Å². The number of nitrogens with zero attached hydrogens (tertiary/aromatic N) is 2. The number of carbonyl (C=O) groups is 1. The lowest BCUT2D eigenvalue weighted by atomic mass is 10.2. The molecule has 1 N–H and O–H groups in total. The molecule has 0 aliphatic heterocycles. The molecule has 0 bridgehead atoms. The van der Waals surface area contributed by atoms with Gasteiger partial charge in [0.05, 0.1) is 16.0 Å². The number of hydrazone groups is 1. The van der Waals surface area contributed by atoms with Crippen LogP contribution in [0.2, 0.25) is 0 Å². The van der Waals surface area contributed by atoms with Gasteiger partial charge in [-0.15, -0.1) is 11.3 Å². The van der Waals surface area contributed by atoms with Gasteiger partial charge in [0.15, 0.2) is 0 Å². The van der Waals surface area contributed by atoms with Crippen molar-refractivity contribution in [2.75, 3.05) is 0 Å². The molecule has 6 nitrogen and oxygen atoms in total. The number of thiophene rings is 1. The van der Waals surface area contributed by atoms with Crippen molar-refractivity contribution in [3.05, 3.63) is 61.8 Å². The van der Waals surface area contributed by atoms with Crippen molar-refractivity contribution in [2.45, 2.75) is 6.92 Å². The summed E-state index contributed by atoms with van der Waals surface area (Å²) < 4.78 is 0. The second kappa shape index (κ2) is 6.07. The fourth-order valence-electron chi connectivity index (χ4n) is 1.50. The lowest BCUT2D eigenvalue weighted by Gasteiger charge is -1.98.